The first-order chi connectivity index (χ1) is 9.44. The molecule has 1 fully saturated rings. The summed E-state index contributed by atoms with van der Waals surface area (Å²) in [5, 5.41) is 10.1. The summed E-state index contributed by atoms with van der Waals surface area (Å²) in [6, 6.07) is 2.10. The minimum Gasteiger partial charge on any atom is -0.388 e. The van der Waals surface area contributed by atoms with Crippen LogP contribution < -0.4 is 0 Å². The Balaban J connectivity index is 1.77. The molecule has 1 saturated heterocycles. The van der Waals surface area contributed by atoms with Gasteiger partial charge >= 0.3 is 0 Å². The summed E-state index contributed by atoms with van der Waals surface area (Å²) in [6.07, 6.45) is 5.14. The Morgan fingerprint density at radius 3 is 3.10 bits per heavy atom. The number of hydrogen-bond donors (Lipinski definition) is 1. The summed E-state index contributed by atoms with van der Waals surface area (Å²) in [5.74, 6) is 0.841. The van der Waals surface area contributed by atoms with Crippen molar-refractivity contribution in [2.45, 2.75) is 51.6 Å². The quantitative estimate of drug-likeness (QED) is 0.865. The Morgan fingerprint density at radius 2 is 2.35 bits per heavy atom. The largest absolute Gasteiger partial charge is 0.388 e. The van der Waals surface area contributed by atoms with Crippen LogP contribution in [0.4, 0.5) is 0 Å². The summed E-state index contributed by atoms with van der Waals surface area (Å²) in [6.45, 7) is 5.34. The van der Waals surface area contributed by atoms with Gasteiger partial charge in [-0.2, -0.15) is 0 Å². The third-order valence-electron chi connectivity index (χ3n) is 4.50. The topological polar surface area (TPSA) is 40.5 Å². The predicted molar refractivity (Wildman–Crippen MR) is 81.3 cm³/mol. The first-order valence-electron chi connectivity index (χ1n) is 7.58. The maximum absolute atomic E-state index is 12.6. The highest BCUT2D eigenvalue weighted by Gasteiger charge is 2.32. The van der Waals surface area contributed by atoms with E-state index < -0.39 is 5.60 Å². The van der Waals surface area contributed by atoms with Gasteiger partial charge in [0.1, 0.15) is 0 Å². The third-order valence-corrected chi connectivity index (χ3v) is 5.73. The molecule has 1 aromatic heterocycles. The number of piperidine rings is 1. The van der Waals surface area contributed by atoms with Crippen LogP contribution >= 0.6 is 11.3 Å². The van der Waals surface area contributed by atoms with Crippen molar-refractivity contribution in [1.29, 1.82) is 0 Å². The second-order valence-electron chi connectivity index (χ2n) is 6.73. The number of aryl methyl sites for hydroxylation is 1. The van der Waals surface area contributed by atoms with Crippen molar-refractivity contribution >= 4 is 17.2 Å². The lowest BCUT2D eigenvalue weighted by Crippen LogP contribution is -2.48. The van der Waals surface area contributed by atoms with Crippen molar-refractivity contribution in [2.24, 2.45) is 5.92 Å². The molecule has 0 aromatic carbocycles. The Bertz CT molecular complexity index is 521. The van der Waals surface area contributed by atoms with Gasteiger partial charge in [-0.25, -0.2) is 0 Å². The minimum absolute atomic E-state index is 0.108. The second kappa shape index (κ2) is 5.15. The van der Waals surface area contributed by atoms with Gasteiger partial charge in [-0.05, 0) is 56.6 Å². The van der Waals surface area contributed by atoms with Gasteiger partial charge < -0.3 is 10.0 Å². The van der Waals surface area contributed by atoms with Gasteiger partial charge in [0.05, 0.1) is 10.5 Å². The first-order valence-corrected chi connectivity index (χ1v) is 8.39. The van der Waals surface area contributed by atoms with Crippen LogP contribution in [0.15, 0.2) is 6.07 Å². The third kappa shape index (κ3) is 2.77. The van der Waals surface area contributed by atoms with E-state index in [2.05, 4.69) is 13.0 Å². The number of aliphatic hydroxyl groups is 1. The van der Waals surface area contributed by atoms with Crippen LogP contribution in [0.1, 0.15) is 53.2 Å². The highest BCUT2D eigenvalue weighted by Crippen LogP contribution is 2.33. The zero-order valence-electron chi connectivity index (χ0n) is 12.3. The van der Waals surface area contributed by atoms with E-state index in [-0.39, 0.29) is 5.91 Å². The molecule has 1 aromatic rings. The van der Waals surface area contributed by atoms with Crippen molar-refractivity contribution in [1.82, 2.24) is 4.90 Å². The van der Waals surface area contributed by atoms with Gasteiger partial charge in [-0.15, -0.1) is 11.3 Å². The van der Waals surface area contributed by atoms with Crippen molar-refractivity contribution in [3.63, 3.8) is 0 Å². The molecule has 1 N–H and O–H groups in total. The molecule has 3 rings (SSSR count). The molecule has 3 nitrogen and oxygen atoms in total. The number of fused-ring (bicyclic) bond motifs is 1. The average molecular weight is 293 g/mol. The minimum atomic E-state index is -0.723. The number of thiophene rings is 1. The Labute approximate surface area is 124 Å². The SMILES string of the molecule is CC1CCc2sc(C(=O)N3CCCC(C)(O)C3)cc2C1. The van der Waals surface area contributed by atoms with Crippen molar-refractivity contribution in [3.8, 4) is 0 Å². The Morgan fingerprint density at radius 1 is 1.55 bits per heavy atom. The van der Waals surface area contributed by atoms with E-state index >= 15 is 0 Å². The highest BCUT2D eigenvalue weighted by atomic mass is 32.1. The van der Waals surface area contributed by atoms with Gasteiger partial charge in [-0.1, -0.05) is 6.92 Å². The Hall–Kier alpha value is -0.870. The molecule has 0 saturated carbocycles. The molecule has 0 bridgehead atoms. The highest BCUT2D eigenvalue weighted by molar-refractivity contribution is 7.14. The average Bonchev–Trinajstić information content (AvgIpc) is 2.79. The number of amides is 1. The van der Waals surface area contributed by atoms with E-state index in [4.69, 9.17) is 0 Å². The number of rotatable bonds is 1. The molecule has 4 heteroatoms. The van der Waals surface area contributed by atoms with Gasteiger partial charge in [0.15, 0.2) is 0 Å². The van der Waals surface area contributed by atoms with Gasteiger partial charge in [0, 0.05) is 18.0 Å². The molecule has 1 aliphatic carbocycles. The van der Waals surface area contributed by atoms with Crippen LogP contribution in [0.25, 0.3) is 0 Å². The molecule has 1 aliphatic heterocycles. The maximum Gasteiger partial charge on any atom is 0.264 e. The van der Waals surface area contributed by atoms with E-state index in [1.54, 1.807) is 11.3 Å². The number of nitrogens with zero attached hydrogens (tertiary/aromatic N) is 1. The summed E-state index contributed by atoms with van der Waals surface area (Å²) in [4.78, 5) is 16.7. The first kappa shape index (κ1) is 14.1. The molecule has 2 atom stereocenters. The van der Waals surface area contributed by atoms with E-state index in [9.17, 15) is 9.90 Å². The van der Waals surface area contributed by atoms with Gasteiger partial charge in [0.25, 0.3) is 5.91 Å². The van der Waals surface area contributed by atoms with E-state index in [0.717, 1.165) is 43.0 Å². The number of β-amino-alcohol motifs (C(OH)–C–C–N with tert-alkyl or cyclic N) is 1. The van der Waals surface area contributed by atoms with Crippen LogP contribution in [-0.2, 0) is 12.8 Å². The molecule has 20 heavy (non-hydrogen) atoms. The molecule has 2 aliphatic rings. The summed E-state index contributed by atoms with van der Waals surface area (Å²) >= 11 is 1.67. The zero-order valence-corrected chi connectivity index (χ0v) is 13.1. The van der Waals surface area contributed by atoms with E-state index in [1.807, 2.05) is 11.8 Å². The normalized spacial score (nSPS) is 30.1. The van der Waals surface area contributed by atoms with Crippen molar-refractivity contribution < 1.29 is 9.90 Å². The Kier molecular flexibility index (Phi) is 3.63. The summed E-state index contributed by atoms with van der Waals surface area (Å²) in [5.41, 5.74) is 0.653. The molecular weight excluding hydrogens is 270 g/mol. The number of likely N-dealkylation sites (tertiary alicyclic amines) is 1. The molecule has 110 valence electrons. The number of carbonyl (C=O) groups excluding carboxylic acids is 1. The van der Waals surface area contributed by atoms with Crippen LogP contribution in [0.2, 0.25) is 0 Å². The van der Waals surface area contributed by atoms with Gasteiger partial charge in [0.2, 0.25) is 0 Å². The molecule has 0 spiro atoms. The van der Waals surface area contributed by atoms with E-state index in [0.29, 0.717) is 6.54 Å². The maximum atomic E-state index is 12.6. The van der Waals surface area contributed by atoms with Crippen LogP contribution in [-0.4, -0.2) is 34.6 Å². The summed E-state index contributed by atoms with van der Waals surface area (Å²) < 4.78 is 0. The number of hydrogen-bond acceptors (Lipinski definition) is 3. The monoisotopic (exact) mass is 293 g/mol. The molecule has 1 amide bonds. The van der Waals surface area contributed by atoms with Crippen LogP contribution in [0.5, 0.6) is 0 Å². The van der Waals surface area contributed by atoms with Crippen molar-refractivity contribution in [3.05, 3.63) is 21.4 Å². The fraction of sp³-hybridized carbons (Fsp3) is 0.688. The molecular formula is C16H23NO2S. The predicted octanol–water partition coefficient (Wildman–Crippen LogP) is 2.86. The zero-order chi connectivity index (χ0) is 14.3. The number of carbonyl (C=O) groups is 1. The molecule has 2 unspecified atom stereocenters. The lowest BCUT2D eigenvalue weighted by atomic mass is 9.90. The lowest BCUT2D eigenvalue weighted by molar-refractivity contribution is -0.0105. The lowest BCUT2D eigenvalue weighted by Gasteiger charge is -2.36. The van der Waals surface area contributed by atoms with Gasteiger partial charge in [-0.3, -0.25) is 4.79 Å². The van der Waals surface area contributed by atoms with Crippen molar-refractivity contribution in [2.75, 3.05) is 13.1 Å². The molecule has 0 radical (unpaired) electrons. The van der Waals surface area contributed by atoms with Crippen LogP contribution in [0, 0.1) is 5.92 Å². The molecule has 2 heterocycles. The second-order valence-corrected chi connectivity index (χ2v) is 7.87. The fourth-order valence-corrected chi connectivity index (χ4v) is 4.54. The standard InChI is InChI=1S/C16H23NO2S/c1-11-4-5-13-12(8-11)9-14(20-13)15(18)17-7-3-6-16(2,19)10-17/h9,11,19H,3-8,10H2,1-2H3. The smallest absolute Gasteiger partial charge is 0.264 e. The fourth-order valence-electron chi connectivity index (χ4n) is 3.36. The van der Waals surface area contributed by atoms with Crippen LogP contribution in [0.3, 0.4) is 0 Å². The van der Waals surface area contributed by atoms with E-state index in [1.165, 1.54) is 16.9 Å². The summed E-state index contributed by atoms with van der Waals surface area (Å²) in [7, 11) is 0.